The van der Waals surface area contributed by atoms with Crippen molar-refractivity contribution >= 4 is 30.3 Å². The van der Waals surface area contributed by atoms with Crippen LogP contribution in [0.25, 0.3) is 0 Å². The molecule has 8 heteroatoms. The molecule has 1 saturated heterocycles. The number of anilines is 1. The van der Waals surface area contributed by atoms with Crippen LogP contribution in [0.5, 0.6) is 0 Å². The Morgan fingerprint density at radius 1 is 1.22 bits per heavy atom. The Morgan fingerprint density at radius 3 is 2.72 bits per heavy atom. The monoisotopic (exact) mass is 457 g/mol. The third-order valence-corrected chi connectivity index (χ3v) is 6.70. The maximum atomic E-state index is 13.0. The van der Waals surface area contributed by atoms with Crippen LogP contribution in [0.15, 0.2) is 42.6 Å². The minimum Gasteiger partial charge on any atom is -0.481 e. The maximum absolute atomic E-state index is 13.0. The molecule has 1 aromatic heterocycles. The molecule has 3 atom stereocenters. The average Bonchev–Trinajstić information content (AvgIpc) is 2.81. The van der Waals surface area contributed by atoms with E-state index < -0.39 is 11.9 Å². The molecule has 2 aromatic rings. The molecule has 3 rings (SSSR count). The van der Waals surface area contributed by atoms with Crippen LogP contribution in [0.1, 0.15) is 47.2 Å². The van der Waals surface area contributed by atoms with Crippen LogP contribution in [0.3, 0.4) is 0 Å². The first-order valence-electron chi connectivity index (χ1n) is 11.0. The van der Waals surface area contributed by atoms with E-state index in [2.05, 4.69) is 17.6 Å². The van der Waals surface area contributed by atoms with Gasteiger partial charge in [0.05, 0.1) is 18.6 Å². The summed E-state index contributed by atoms with van der Waals surface area (Å²) in [6.45, 7) is 0.639. The topological polar surface area (TPSA) is 117 Å². The van der Waals surface area contributed by atoms with Crippen molar-refractivity contribution in [1.29, 1.82) is 0 Å². The van der Waals surface area contributed by atoms with Gasteiger partial charge in [-0.2, -0.15) is 12.6 Å². The fourth-order valence-electron chi connectivity index (χ4n) is 4.20. The number of thiol groups is 1. The van der Waals surface area contributed by atoms with E-state index in [-0.39, 0.29) is 23.8 Å². The molecule has 3 unspecified atom stereocenters. The number of carboxylic acid groups (broad SMARTS) is 1. The van der Waals surface area contributed by atoms with Crippen molar-refractivity contribution < 1.29 is 19.8 Å². The molecule has 1 aromatic carbocycles. The number of aliphatic hydroxyl groups excluding tert-OH is 1. The van der Waals surface area contributed by atoms with Gasteiger partial charge < -0.3 is 20.8 Å². The quantitative estimate of drug-likeness (QED) is 0.430. The molecule has 1 amide bonds. The molecule has 0 aliphatic carbocycles. The molecule has 1 fully saturated rings. The summed E-state index contributed by atoms with van der Waals surface area (Å²) in [6.07, 6.45) is 5.89. The largest absolute Gasteiger partial charge is 0.481 e. The van der Waals surface area contributed by atoms with E-state index in [0.717, 1.165) is 30.4 Å². The lowest BCUT2D eigenvalue weighted by molar-refractivity contribution is -0.141. The summed E-state index contributed by atoms with van der Waals surface area (Å²) in [6, 6.07) is 10.8. The number of carboxylic acids is 1. The first-order chi connectivity index (χ1) is 15.4. The van der Waals surface area contributed by atoms with Gasteiger partial charge in [-0.05, 0) is 67.9 Å². The highest BCUT2D eigenvalue weighted by molar-refractivity contribution is 7.81. The van der Waals surface area contributed by atoms with Gasteiger partial charge in [0.2, 0.25) is 0 Å². The Balaban J connectivity index is 1.63. The van der Waals surface area contributed by atoms with Crippen LogP contribution in [0.2, 0.25) is 0 Å². The molecular weight excluding hydrogens is 426 g/mol. The number of hydrogen-bond donors (Lipinski definition) is 4. The lowest BCUT2D eigenvalue weighted by Gasteiger charge is -2.34. The number of carbonyl (C=O) groups excluding carboxylic acids is 1. The lowest BCUT2D eigenvalue weighted by atomic mass is 9.92. The molecule has 0 bridgehead atoms. The van der Waals surface area contributed by atoms with Crippen LogP contribution in [0.4, 0.5) is 5.82 Å². The molecule has 172 valence electrons. The summed E-state index contributed by atoms with van der Waals surface area (Å²) in [5.41, 5.74) is 7.97. The molecule has 0 spiro atoms. The van der Waals surface area contributed by atoms with Gasteiger partial charge in [0.15, 0.2) is 0 Å². The van der Waals surface area contributed by atoms with Gasteiger partial charge in [0.25, 0.3) is 5.91 Å². The number of nitrogens with zero attached hydrogens (tertiary/aromatic N) is 2. The fraction of sp³-hybridized carbons (Fsp3) is 0.458. The summed E-state index contributed by atoms with van der Waals surface area (Å²) in [4.78, 5) is 30.6. The zero-order chi connectivity index (χ0) is 23.1. The molecule has 0 radical (unpaired) electrons. The Labute approximate surface area is 194 Å². The van der Waals surface area contributed by atoms with Crippen LogP contribution in [-0.2, 0) is 17.6 Å². The number of piperidine rings is 1. The molecular formula is C24H31N3O4S. The van der Waals surface area contributed by atoms with E-state index in [1.54, 1.807) is 29.3 Å². The van der Waals surface area contributed by atoms with Gasteiger partial charge in [-0.1, -0.05) is 18.2 Å². The minimum atomic E-state index is -0.897. The number of hydrogen-bond acceptors (Lipinski definition) is 6. The number of benzene rings is 1. The van der Waals surface area contributed by atoms with Gasteiger partial charge in [0, 0.05) is 23.6 Å². The Hall–Kier alpha value is -2.58. The van der Waals surface area contributed by atoms with Gasteiger partial charge in [-0.15, -0.1) is 0 Å². The van der Waals surface area contributed by atoms with E-state index in [9.17, 15) is 19.8 Å². The van der Waals surface area contributed by atoms with Gasteiger partial charge in [0.1, 0.15) is 5.82 Å². The summed E-state index contributed by atoms with van der Waals surface area (Å²) in [5.74, 6) is -1.22. The van der Waals surface area contributed by atoms with Crippen molar-refractivity contribution in [1.82, 2.24) is 9.88 Å². The zero-order valence-corrected chi connectivity index (χ0v) is 19.0. The second kappa shape index (κ2) is 11.3. The summed E-state index contributed by atoms with van der Waals surface area (Å²) in [7, 11) is 0. The number of pyridine rings is 1. The van der Waals surface area contributed by atoms with Crippen molar-refractivity contribution in [2.24, 2.45) is 5.92 Å². The van der Waals surface area contributed by atoms with Crippen molar-refractivity contribution in [3.8, 4) is 0 Å². The summed E-state index contributed by atoms with van der Waals surface area (Å²) >= 11 is 4.59. The molecule has 2 heterocycles. The van der Waals surface area contributed by atoms with Crippen molar-refractivity contribution in [2.45, 2.75) is 49.8 Å². The highest BCUT2D eigenvalue weighted by Gasteiger charge is 2.28. The molecule has 0 saturated carbocycles. The SMILES string of the molecule is Nc1ccc(CC(C(=O)O)C(S)CCc2cccc(C(=O)N3CCCCC3CO)c2)cn1. The third-order valence-electron chi connectivity index (χ3n) is 6.09. The number of nitrogens with two attached hydrogens (primary N) is 1. The highest BCUT2D eigenvalue weighted by atomic mass is 32.1. The zero-order valence-electron chi connectivity index (χ0n) is 18.1. The predicted molar refractivity (Wildman–Crippen MR) is 127 cm³/mol. The number of nitrogen functional groups attached to an aromatic ring is 1. The fourth-order valence-corrected chi connectivity index (χ4v) is 4.56. The predicted octanol–water partition coefficient (Wildman–Crippen LogP) is 2.83. The van der Waals surface area contributed by atoms with E-state index in [1.807, 2.05) is 18.2 Å². The van der Waals surface area contributed by atoms with Crippen LogP contribution in [-0.4, -0.2) is 56.4 Å². The third kappa shape index (κ3) is 6.23. The number of aliphatic hydroxyl groups is 1. The Kier molecular flexibility index (Phi) is 8.53. The van der Waals surface area contributed by atoms with Gasteiger partial charge in [-0.3, -0.25) is 9.59 Å². The molecule has 32 heavy (non-hydrogen) atoms. The van der Waals surface area contributed by atoms with E-state index in [1.165, 1.54) is 0 Å². The first-order valence-corrected chi connectivity index (χ1v) is 11.5. The van der Waals surface area contributed by atoms with Crippen LogP contribution in [0, 0.1) is 5.92 Å². The molecule has 7 nitrogen and oxygen atoms in total. The van der Waals surface area contributed by atoms with Crippen molar-refractivity contribution in [3.63, 3.8) is 0 Å². The number of rotatable bonds is 9. The minimum absolute atomic E-state index is 0.0210. The number of aryl methyl sites for hydroxylation is 1. The smallest absolute Gasteiger partial charge is 0.307 e. The lowest BCUT2D eigenvalue weighted by Crippen LogP contribution is -2.45. The highest BCUT2D eigenvalue weighted by Crippen LogP contribution is 2.24. The van der Waals surface area contributed by atoms with Gasteiger partial charge in [-0.25, -0.2) is 4.98 Å². The average molecular weight is 458 g/mol. The standard InChI is InChI=1S/C24H31N3O4S/c25-22-10-8-17(14-26-22)13-20(24(30)31)21(32)9-7-16-4-3-5-18(12-16)23(29)27-11-2-1-6-19(27)15-28/h3-5,8,10,12,14,19-21,28,32H,1-2,6-7,9,11,13,15H2,(H2,25,26)(H,30,31). The van der Waals surface area contributed by atoms with E-state index in [0.29, 0.717) is 37.2 Å². The van der Waals surface area contributed by atoms with Crippen molar-refractivity contribution in [3.05, 3.63) is 59.3 Å². The number of aliphatic carboxylic acids is 1. The number of carbonyl (C=O) groups is 2. The molecule has 1 aliphatic heterocycles. The van der Waals surface area contributed by atoms with Crippen LogP contribution >= 0.6 is 12.6 Å². The normalized spacial score (nSPS) is 18.2. The second-order valence-electron chi connectivity index (χ2n) is 8.38. The Morgan fingerprint density at radius 2 is 2.03 bits per heavy atom. The van der Waals surface area contributed by atoms with E-state index in [4.69, 9.17) is 5.73 Å². The molecule has 1 aliphatic rings. The van der Waals surface area contributed by atoms with Gasteiger partial charge >= 0.3 is 5.97 Å². The summed E-state index contributed by atoms with van der Waals surface area (Å²) in [5, 5.41) is 19.0. The summed E-state index contributed by atoms with van der Waals surface area (Å²) < 4.78 is 0. The number of likely N-dealkylation sites (tertiary alicyclic amines) is 1. The maximum Gasteiger partial charge on any atom is 0.307 e. The Bertz CT molecular complexity index is 922. The van der Waals surface area contributed by atoms with Crippen molar-refractivity contribution in [2.75, 3.05) is 18.9 Å². The molecule has 4 N–H and O–H groups in total. The van der Waals surface area contributed by atoms with Crippen LogP contribution < -0.4 is 5.73 Å². The number of aromatic nitrogens is 1. The first kappa shape index (κ1) is 24.1. The number of amides is 1. The van der Waals surface area contributed by atoms with E-state index >= 15 is 0 Å². The second-order valence-corrected chi connectivity index (χ2v) is 9.04.